The van der Waals surface area contributed by atoms with E-state index in [0.29, 0.717) is 0 Å². The van der Waals surface area contributed by atoms with E-state index >= 15 is 0 Å². The molecule has 1 N–H and O–H groups in total. The van der Waals surface area contributed by atoms with Gasteiger partial charge in [-0.3, -0.25) is 0 Å². The summed E-state index contributed by atoms with van der Waals surface area (Å²) in [6, 6.07) is 0. The lowest BCUT2D eigenvalue weighted by Crippen LogP contribution is -1.86. The van der Waals surface area contributed by atoms with Crippen LogP contribution in [0.2, 0.25) is 0 Å². The maximum atomic E-state index is 8.91. The normalized spacial score (nSPS) is 12.1. The third-order valence-corrected chi connectivity index (χ3v) is 2.50. The maximum Gasteiger partial charge on any atom is 0.0900 e. The molecule has 12 heavy (non-hydrogen) atoms. The van der Waals surface area contributed by atoms with Gasteiger partial charge in [0.25, 0.3) is 0 Å². The van der Waals surface area contributed by atoms with Gasteiger partial charge in [0.15, 0.2) is 0 Å². The molecule has 0 aliphatic carbocycles. The Labute approximate surface area is 76.6 Å². The molecular formula is C9H13NOS. The second-order valence-corrected chi connectivity index (χ2v) is 3.86. The van der Waals surface area contributed by atoms with Crippen LogP contribution in [0, 0.1) is 6.92 Å². The molecule has 2 nitrogen and oxygen atoms in total. The molecule has 0 atom stereocenters. The summed E-state index contributed by atoms with van der Waals surface area (Å²) in [5.74, 6) is 0. The van der Waals surface area contributed by atoms with Crippen LogP contribution in [-0.4, -0.2) is 16.7 Å². The quantitative estimate of drug-likeness (QED) is 0.779. The van der Waals surface area contributed by atoms with Gasteiger partial charge >= 0.3 is 0 Å². The summed E-state index contributed by atoms with van der Waals surface area (Å²) < 4.78 is 0. The minimum atomic E-state index is 0.146. The van der Waals surface area contributed by atoms with E-state index in [4.69, 9.17) is 5.11 Å². The molecule has 0 bridgehead atoms. The summed E-state index contributed by atoms with van der Waals surface area (Å²) in [5.41, 5.74) is 1.05. The SMILES string of the molecule is CC/C(=C\c1cnc(C)s1)CO. The van der Waals surface area contributed by atoms with Crippen LogP contribution in [0.5, 0.6) is 0 Å². The smallest absolute Gasteiger partial charge is 0.0900 e. The van der Waals surface area contributed by atoms with Crippen molar-refractivity contribution in [1.29, 1.82) is 0 Å². The summed E-state index contributed by atoms with van der Waals surface area (Å²) in [5, 5.41) is 9.97. The Kier molecular flexibility index (Phi) is 3.44. The number of aliphatic hydroxyl groups is 1. The molecule has 0 fully saturated rings. The first kappa shape index (κ1) is 9.42. The van der Waals surface area contributed by atoms with E-state index in [9.17, 15) is 0 Å². The fourth-order valence-electron chi connectivity index (χ4n) is 0.905. The third-order valence-electron chi connectivity index (χ3n) is 1.64. The van der Waals surface area contributed by atoms with Gasteiger partial charge in [-0.15, -0.1) is 11.3 Å². The molecule has 0 unspecified atom stereocenters. The Morgan fingerprint density at radius 3 is 2.92 bits per heavy atom. The van der Waals surface area contributed by atoms with E-state index in [2.05, 4.69) is 4.98 Å². The van der Waals surface area contributed by atoms with Gasteiger partial charge in [-0.05, 0) is 25.0 Å². The summed E-state index contributed by atoms with van der Waals surface area (Å²) in [6.07, 6.45) is 4.74. The second kappa shape index (κ2) is 4.38. The molecule has 0 radical (unpaired) electrons. The lowest BCUT2D eigenvalue weighted by molar-refractivity contribution is 0.329. The number of nitrogens with zero attached hydrogens (tertiary/aromatic N) is 1. The Bertz CT molecular complexity index is 272. The van der Waals surface area contributed by atoms with E-state index < -0.39 is 0 Å². The monoisotopic (exact) mass is 183 g/mol. The standard InChI is InChI=1S/C9H13NOS/c1-3-8(6-11)4-9-5-10-7(2)12-9/h4-5,11H,3,6H2,1-2H3/b8-4+. The molecule has 1 heterocycles. The lowest BCUT2D eigenvalue weighted by Gasteiger charge is -1.95. The molecule has 0 saturated carbocycles. The highest BCUT2D eigenvalue weighted by Crippen LogP contribution is 2.16. The molecule has 0 aromatic carbocycles. The van der Waals surface area contributed by atoms with Crippen LogP contribution in [0.4, 0.5) is 0 Å². The van der Waals surface area contributed by atoms with E-state index in [1.165, 1.54) is 0 Å². The molecule has 0 aliphatic heterocycles. The van der Waals surface area contributed by atoms with E-state index in [0.717, 1.165) is 21.9 Å². The van der Waals surface area contributed by atoms with Gasteiger partial charge in [0.05, 0.1) is 11.6 Å². The number of rotatable bonds is 3. The van der Waals surface area contributed by atoms with Crippen molar-refractivity contribution in [1.82, 2.24) is 4.98 Å². The van der Waals surface area contributed by atoms with Crippen LogP contribution in [0.25, 0.3) is 6.08 Å². The Hall–Kier alpha value is -0.670. The molecular weight excluding hydrogens is 170 g/mol. The molecule has 1 aromatic rings. The van der Waals surface area contributed by atoms with Gasteiger partial charge in [0, 0.05) is 11.1 Å². The van der Waals surface area contributed by atoms with Crippen LogP contribution >= 0.6 is 11.3 Å². The number of hydrogen-bond donors (Lipinski definition) is 1. The number of aryl methyl sites for hydroxylation is 1. The van der Waals surface area contributed by atoms with Crippen LogP contribution in [0.3, 0.4) is 0 Å². The van der Waals surface area contributed by atoms with Crippen LogP contribution < -0.4 is 0 Å². The first-order valence-corrected chi connectivity index (χ1v) is 4.80. The molecule has 3 heteroatoms. The Morgan fingerprint density at radius 1 is 1.75 bits per heavy atom. The molecule has 0 spiro atoms. The van der Waals surface area contributed by atoms with Crippen molar-refractivity contribution in [2.45, 2.75) is 20.3 Å². The predicted octanol–water partition coefficient (Wildman–Crippen LogP) is 2.24. The van der Waals surface area contributed by atoms with E-state index in [1.54, 1.807) is 11.3 Å². The summed E-state index contributed by atoms with van der Waals surface area (Å²) >= 11 is 1.65. The van der Waals surface area contributed by atoms with Crippen molar-refractivity contribution in [3.63, 3.8) is 0 Å². The average molecular weight is 183 g/mol. The van der Waals surface area contributed by atoms with E-state index in [1.807, 2.05) is 26.1 Å². The van der Waals surface area contributed by atoms with Gasteiger partial charge in [-0.25, -0.2) is 4.98 Å². The fourth-order valence-corrected chi connectivity index (χ4v) is 1.68. The van der Waals surface area contributed by atoms with E-state index in [-0.39, 0.29) is 6.61 Å². The van der Waals surface area contributed by atoms with Gasteiger partial charge < -0.3 is 5.11 Å². The first-order valence-electron chi connectivity index (χ1n) is 3.99. The van der Waals surface area contributed by atoms with Crippen LogP contribution in [-0.2, 0) is 0 Å². The highest BCUT2D eigenvalue weighted by atomic mass is 32.1. The first-order chi connectivity index (χ1) is 5.76. The van der Waals surface area contributed by atoms with Gasteiger partial charge in [-0.2, -0.15) is 0 Å². The molecule has 66 valence electrons. The predicted molar refractivity (Wildman–Crippen MR) is 52.2 cm³/mol. The van der Waals surface area contributed by atoms with Crippen molar-refractivity contribution < 1.29 is 5.11 Å². The number of hydrogen-bond acceptors (Lipinski definition) is 3. The van der Waals surface area contributed by atoms with Crippen LogP contribution in [0.1, 0.15) is 23.2 Å². The second-order valence-electron chi connectivity index (χ2n) is 2.60. The zero-order valence-corrected chi connectivity index (χ0v) is 8.19. The number of aromatic nitrogens is 1. The van der Waals surface area contributed by atoms with Gasteiger partial charge in [0.2, 0.25) is 0 Å². The summed E-state index contributed by atoms with van der Waals surface area (Å²) in [6.45, 7) is 4.16. The molecule has 0 aliphatic rings. The van der Waals surface area contributed by atoms with Gasteiger partial charge in [-0.1, -0.05) is 6.92 Å². The fraction of sp³-hybridized carbons (Fsp3) is 0.444. The van der Waals surface area contributed by atoms with Crippen molar-refractivity contribution in [2.75, 3.05) is 6.61 Å². The van der Waals surface area contributed by atoms with Crippen molar-refractivity contribution in [3.8, 4) is 0 Å². The molecule has 0 saturated heterocycles. The Morgan fingerprint density at radius 2 is 2.50 bits per heavy atom. The lowest BCUT2D eigenvalue weighted by atomic mass is 10.2. The minimum absolute atomic E-state index is 0.146. The topological polar surface area (TPSA) is 33.1 Å². The minimum Gasteiger partial charge on any atom is -0.392 e. The third kappa shape index (κ3) is 2.43. The maximum absolute atomic E-state index is 8.91. The summed E-state index contributed by atoms with van der Waals surface area (Å²) in [4.78, 5) is 5.25. The average Bonchev–Trinajstić information content (AvgIpc) is 2.47. The number of aliphatic hydroxyl groups excluding tert-OH is 1. The highest BCUT2D eigenvalue weighted by molar-refractivity contribution is 7.12. The van der Waals surface area contributed by atoms with Crippen LogP contribution in [0.15, 0.2) is 11.8 Å². The zero-order valence-electron chi connectivity index (χ0n) is 7.37. The van der Waals surface area contributed by atoms with Crippen molar-refractivity contribution >= 4 is 17.4 Å². The Balaban J connectivity index is 2.78. The van der Waals surface area contributed by atoms with Crippen molar-refractivity contribution in [2.24, 2.45) is 0 Å². The zero-order chi connectivity index (χ0) is 8.97. The van der Waals surface area contributed by atoms with Gasteiger partial charge in [0.1, 0.15) is 0 Å². The molecule has 0 amide bonds. The molecule has 1 aromatic heterocycles. The highest BCUT2D eigenvalue weighted by Gasteiger charge is 1.96. The number of thiazole rings is 1. The van der Waals surface area contributed by atoms with Crippen molar-refractivity contribution in [3.05, 3.63) is 21.7 Å². The summed E-state index contributed by atoms with van der Waals surface area (Å²) in [7, 11) is 0. The molecule has 1 rings (SSSR count). The largest absolute Gasteiger partial charge is 0.392 e.